The second-order valence-corrected chi connectivity index (χ2v) is 7.58. The molecule has 0 saturated carbocycles. The Morgan fingerprint density at radius 2 is 1.82 bits per heavy atom. The van der Waals surface area contributed by atoms with Gasteiger partial charge in [0.05, 0.1) is 4.88 Å². The van der Waals surface area contributed by atoms with E-state index in [2.05, 4.69) is 22.1 Å². The molecule has 1 aliphatic rings. The Morgan fingerprint density at radius 1 is 1.07 bits per heavy atom. The first-order chi connectivity index (χ1) is 13.6. The highest BCUT2D eigenvalue weighted by atomic mass is 32.1. The van der Waals surface area contributed by atoms with Gasteiger partial charge in [-0.1, -0.05) is 24.3 Å². The lowest BCUT2D eigenvalue weighted by atomic mass is 10.2. The Kier molecular flexibility index (Phi) is 5.12. The Balaban J connectivity index is 1.45. The zero-order valence-corrected chi connectivity index (χ0v) is 16.1. The minimum Gasteiger partial charge on any atom is -0.394 e. The van der Waals surface area contributed by atoms with Gasteiger partial charge in [-0.25, -0.2) is 4.68 Å². The summed E-state index contributed by atoms with van der Waals surface area (Å²) in [6.45, 7) is 2.64. The first-order valence-electron chi connectivity index (χ1n) is 9.11. The van der Waals surface area contributed by atoms with E-state index in [1.807, 2.05) is 35.7 Å². The van der Waals surface area contributed by atoms with Crippen LogP contribution >= 0.6 is 11.3 Å². The van der Waals surface area contributed by atoms with Crippen LogP contribution in [0.2, 0.25) is 0 Å². The number of piperazine rings is 1. The number of carbonyl (C=O) groups is 1. The number of hydrogen-bond acceptors (Lipinski definition) is 6. The fourth-order valence-corrected chi connectivity index (χ4v) is 3.98. The number of nitrogens with zero attached hydrogens (tertiary/aromatic N) is 4. The van der Waals surface area contributed by atoms with Gasteiger partial charge in [0.15, 0.2) is 0 Å². The maximum absolute atomic E-state index is 12.7. The summed E-state index contributed by atoms with van der Waals surface area (Å²) in [6.07, 6.45) is 0. The molecule has 7 nitrogen and oxygen atoms in total. The number of amides is 1. The summed E-state index contributed by atoms with van der Waals surface area (Å²) in [5, 5.41) is 6.28. The van der Waals surface area contributed by atoms with Crippen molar-refractivity contribution >= 4 is 28.6 Å². The molecule has 1 aliphatic heterocycles. The lowest BCUT2D eigenvalue weighted by molar-refractivity contribution is -0.132. The molecule has 0 aliphatic carbocycles. The molecule has 0 bridgehead atoms. The molecule has 144 valence electrons. The summed E-state index contributed by atoms with van der Waals surface area (Å²) in [7, 11) is 0. The van der Waals surface area contributed by atoms with Crippen LogP contribution in [0.25, 0.3) is 10.6 Å². The van der Waals surface area contributed by atoms with Crippen LogP contribution in [-0.2, 0) is 11.3 Å². The number of carbonyl (C=O) groups excluding carboxylic acids is 1. The van der Waals surface area contributed by atoms with Gasteiger partial charge in [0.2, 0.25) is 5.91 Å². The average Bonchev–Trinajstić information content (AvgIpc) is 3.27. The molecule has 28 heavy (non-hydrogen) atoms. The molecule has 8 heteroatoms. The number of aromatic nitrogens is 2. The number of hydrogen-bond donors (Lipinski definition) is 1. The van der Waals surface area contributed by atoms with Crippen molar-refractivity contribution in [3.63, 3.8) is 0 Å². The van der Waals surface area contributed by atoms with E-state index in [4.69, 9.17) is 5.73 Å². The second-order valence-electron chi connectivity index (χ2n) is 6.63. The molecule has 0 atom stereocenters. The van der Waals surface area contributed by atoms with Crippen LogP contribution in [0, 0.1) is 0 Å². The molecular formula is C20H21N5O2S. The molecule has 0 unspecified atom stereocenters. The van der Waals surface area contributed by atoms with Gasteiger partial charge in [-0.3, -0.25) is 9.59 Å². The molecule has 1 amide bonds. The van der Waals surface area contributed by atoms with Crippen LogP contribution in [0.1, 0.15) is 0 Å². The van der Waals surface area contributed by atoms with Crippen molar-refractivity contribution in [1.29, 1.82) is 0 Å². The highest BCUT2D eigenvalue weighted by Crippen LogP contribution is 2.22. The highest BCUT2D eigenvalue weighted by molar-refractivity contribution is 7.13. The number of benzene rings is 1. The maximum atomic E-state index is 12.7. The fourth-order valence-electron chi connectivity index (χ4n) is 3.30. The van der Waals surface area contributed by atoms with E-state index in [0.29, 0.717) is 18.8 Å². The maximum Gasteiger partial charge on any atom is 0.290 e. The van der Waals surface area contributed by atoms with Crippen molar-refractivity contribution in [3.05, 3.63) is 64.3 Å². The van der Waals surface area contributed by atoms with Gasteiger partial charge in [0, 0.05) is 31.9 Å². The standard InChI is InChI=1S/C20H21N5O2S/c21-16-13-17(18-7-4-12-28-18)22-25(20(16)27)14-19(26)24-10-8-23(9-11-24)15-5-2-1-3-6-15/h1-7,12-13H,8-11,14,21H2. The van der Waals surface area contributed by atoms with E-state index in [1.165, 1.54) is 16.0 Å². The molecule has 1 aromatic carbocycles. The van der Waals surface area contributed by atoms with Gasteiger partial charge < -0.3 is 15.5 Å². The van der Waals surface area contributed by atoms with Gasteiger partial charge in [-0.15, -0.1) is 11.3 Å². The number of rotatable bonds is 4. The van der Waals surface area contributed by atoms with E-state index in [-0.39, 0.29) is 18.1 Å². The molecular weight excluding hydrogens is 374 g/mol. The van der Waals surface area contributed by atoms with Crippen molar-refractivity contribution in [1.82, 2.24) is 14.7 Å². The number of para-hydroxylation sites is 1. The van der Waals surface area contributed by atoms with E-state index in [9.17, 15) is 9.59 Å². The zero-order valence-electron chi connectivity index (χ0n) is 15.3. The lowest BCUT2D eigenvalue weighted by Gasteiger charge is -2.36. The average molecular weight is 395 g/mol. The second kappa shape index (κ2) is 7.85. The monoisotopic (exact) mass is 395 g/mol. The highest BCUT2D eigenvalue weighted by Gasteiger charge is 2.22. The quantitative estimate of drug-likeness (QED) is 0.729. The Morgan fingerprint density at radius 3 is 2.50 bits per heavy atom. The molecule has 3 aromatic rings. The molecule has 1 fully saturated rings. The fraction of sp³-hybridized carbons (Fsp3) is 0.250. The third-order valence-electron chi connectivity index (χ3n) is 4.81. The lowest BCUT2D eigenvalue weighted by Crippen LogP contribution is -2.50. The number of thiophene rings is 1. The smallest absolute Gasteiger partial charge is 0.290 e. The normalized spacial score (nSPS) is 14.3. The Hall–Kier alpha value is -3.13. The van der Waals surface area contributed by atoms with Crippen LogP contribution in [0.4, 0.5) is 11.4 Å². The summed E-state index contributed by atoms with van der Waals surface area (Å²) in [4.78, 5) is 30.0. The predicted molar refractivity (Wildman–Crippen MR) is 111 cm³/mol. The van der Waals surface area contributed by atoms with E-state index in [0.717, 1.165) is 23.7 Å². The first kappa shape index (κ1) is 18.2. The number of anilines is 2. The van der Waals surface area contributed by atoms with Gasteiger partial charge in [0.1, 0.15) is 17.9 Å². The van der Waals surface area contributed by atoms with Crippen molar-refractivity contribution in [2.75, 3.05) is 36.8 Å². The summed E-state index contributed by atoms with van der Waals surface area (Å²) in [6, 6.07) is 15.5. The van der Waals surface area contributed by atoms with E-state index >= 15 is 0 Å². The third kappa shape index (κ3) is 3.77. The molecule has 2 N–H and O–H groups in total. The molecule has 4 rings (SSSR count). The molecule has 0 radical (unpaired) electrons. The number of nitrogen functional groups attached to an aromatic ring is 1. The predicted octanol–water partition coefficient (Wildman–Crippen LogP) is 1.90. The van der Waals surface area contributed by atoms with Gasteiger partial charge in [-0.2, -0.15) is 5.10 Å². The van der Waals surface area contributed by atoms with Crippen LogP contribution in [0.5, 0.6) is 0 Å². The molecule has 3 heterocycles. The topological polar surface area (TPSA) is 84.5 Å². The zero-order chi connectivity index (χ0) is 19.5. The molecule has 0 spiro atoms. The van der Waals surface area contributed by atoms with Crippen molar-refractivity contribution in [3.8, 4) is 10.6 Å². The van der Waals surface area contributed by atoms with E-state index in [1.54, 1.807) is 11.0 Å². The van der Waals surface area contributed by atoms with Gasteiger partial charge >= 0.3 is 0 Å². The van der Waals surface area contributed by atoms with Crippen molar-refractivity contribution in [2.24, 2.45) is 0 Å². The Labute approximate surface area is 166 Å². The summed E-state index contributed by atoms with van der Waals surface area (Å²) >= 11 is 1.51. The van der Waals surface area contributed by atoms with Gasteiger partial charge in [0.25, 0.3) is 5.56 Å². The van der Waals surface area contributed by atoms with Crippen LogP contribution in [0.3, 0.4) is 0 Å². The van der Waals surface area contributed by atoms with Crippen molar-refractivity contribution in [2.45, 2.75) is 6.54 Å². The van der Waals surface area contributed by atoms with Crippen molar-refractivity contribution < 1.29 is 4.79 Å². The van der Waals surface area contributed by atoms with Crippen LogP contribution in [0.15, 0.2) is 58.7 Å². The summed E-state index contributed by atoms with van der Waals surface area (Å²) < 4.78 is 1.18. The SMILES string of the molecule is Nc1cc(-c2cccs2)nn(CC(=O)N2CCN(c3ccccc3)CC2)c1=O. The largest absolute Gasteiger partial charge is 0.394 e. The van der Waals surface area contributed by atoms with E-state index < -0.39 is 5.56 Å². The number of nitrogens with two attached hydrogens (primary N) is 1. The minimum absolute atomic E-state index is 0.0973. The summed E-state index contributed by atoms with van der Waals surface area (Å²) in [5.74, 6) is -0.120. The Bertz CT molecular complexity index is 1010. The minimum atomic E-state index is -0.434. The molecule has 2 aromatic heterocycles. The van der Waals surface area contributed by atoms with Crippen LogP contribution in [-0.4, -0.2) is 46.8 Å². The van der Waals surface area contributed by atoms with Crippen LogP contribution < -0.4 is 16.2 Å². The first-order valence-corrected chi connectivity index (χ1v) is 9.99. The molecule has 1 saturated heterocycles. The third-order valence-corrected chi connectivity index (χ3v) is 5.71. The summed E-state index contributed by atoms with van der Waals surface area (Å²) in [5.41, 5.74) is 7.29. The van der Waals surface area contributed by atoms with Gasteiger partial charge in [-0.05, 0) is 29.6 Å².